The maximum atomic E-state index is 14.4. The third kappa shape index (κ3) is 5.05. The summed E-state index contributed by atoms with van der Waals surface area (Å²) in [4.78, 5) is 34.5. The van der Waals surface area contributed by atoms with Crippen LogP contribution < -0.4 is 4.87 Å². The number of carboxylic acids is 1. The first-order valence-electron chi connectivity index (χ1n) is 9.97. The van der Waals surface area contributed by atoms with Crippen molar-refractivity contribution in [3.63, 3.8) is 0 Å². The second-order valence-corrected chi connectivity index (χ2v) is 10.3. The number of esters is 1. The molecule has 34 heavy (non-hydrogen) atoms. The van der Waals surface area contributed by atoms with E-state index < -0.39 is 74.7 Å². The van der Waals surface area contributed by atoms with Gasteiger partial charge in [-0.25, -0.2) is 4.79 Å². The van der Waals surface area contributed by atoms with Gasteiger partial charge in [0.05, 0.1) is 12.0 Å². The highest BCUT2D eigenvalue weighted by atomic mass is 32.1. The minimum absolute atomic E-state index is 0.245. The average molecular weight is 501 g/mol. The largest absolute Gasteiger partial charge is 0.481 e. The molecule has 1 aromatic heterocycles. The summed E-state index contributed by atoms with van der Waals surface area (Å²) in [5.74, 6) is 1.79. The lowest BCUT2D eigenvalue weighted by atomic mass is 9.92. The highest BCUT2D eigenvalue weighted by Gasteiger charge is 2.74. The van der Waals surface area contributed by atoms with Gasteiger partial charge in [0.15, 0.2) is 5.69 Å². The number of hydrogen-bond donors (Lipinski definition) is 1. The zero-order valence-electron chi connectivity index (χ0n) is 19.1. The normalized spacial score (nSPS) is 21.8. The number of ether oxygens (including phenoxy) is 1. The molecule has 184 valence electrons. The molecule has 0 bridgehead atoms. The van der Waals surface area contributed by atoms with Crippen LogP contribution in [0.2, 0.25) is 0 Å². The molecule has 0 radical (unpaired) electrons. The van der Waals surface area contributed by atoms with Gasteiger partial charge in [-0.3, -0.25) is 14.2 Å². The van der Waals surface area contributed by atoms with Gasteiger partial charge in [0, 0.05) is 12.3 Å². The van der Waals surface area contributed by atoms with Crippen LogP contribution >= 0.6 is 11.3 Å². The molecule has 2 atom stereocenters. The Hall–Kier alpha value is -3.05. The number of hydrogen-bond acceptors (Lipinski definition) is 5. The SMILES string of the molecule is C#CCn1c(C(F)(F)F)c(C#CC[C@@]2(C(=O)O)[C@H](C=C(F)C(=O)OC(C)(C)C)C2(C)C)sc1=O. The molecule has 6 nitrogen and oxygen atoms in total. The van der Waals surface area contributed by atoms with E-state index in [4.69, 9.17) is 11.2 Å². The zero-order valence-corrected chi connectivity index (χ0v) is 19.9. The Bertz CT molecular complexity index is 1200. The third-order valence-electron chi connectivity index (χ3n) is 5.65. The van der Waals surface area contributed by atoms with Crippen LogP contribution in [0.3, 0.4) is 0 Å². The second kappa shape index (κ2) is 8.95. The summed E-state index contributed by atoms with van der Waals surface area (Å²) < 4.78 is 60.2. The lowest BCUT2D eigenvalue weighted by Crippen LogP contribution is -2.24. The summed E-state index contributed by atoms with van der Waals surface area (Å²) in [5.41, 5.74) is -5.00. The Labute approximate surface area is 197 Å². The quantitative estimate of drug-likeness (QED) is 0.283. The number of alkyl halides is 3. The summed E-state index contributed by atoms with van der Waals surface area (Å²) in [6.07, 6.45) is 0.541. The van der Waals surface area contributed by atoms with Crippen molar-refractivity contribution >= 4 is 23.3 Å². The van der Waals surface area contributed by atoms with E-state index in [1.807, 2.05) is 5.92 Å². The number of carbonyl (C=O) groups is 2. The van der Waals surface area contributed by atoms with Gasteiger partial charge >= 0.3 is 23.0 Å². The van der Waals surface area contributed by atoms with Crippen LogP contribution in [0.4, 0.5) is 17.6 Å². The van der Waals surface area contributed by atoms with Gasteiger partial charge in [-0.15, -0.1) is 6.42 Å². The molecule has 1 aliphatic rings. The molecule has 1 fully saturated rings. The van der Waals surface area contributed by atoms with Crippen molar-refractivity contribution in [2.45, 2.75) is 59.4 Å². The van der Waals surface area contributed by atoms with Crippen LogP contribution in [0, 0.1) is 40.9 Å². The third-order valence-corrected chi connectivity index (χ3v) is 6.54. The Morgan fingerprint density at radius 2 is 1.88 bits per heavy atom. The van der Waals surface area contributed by atoms with Gasteiger partial charge in [-0.05, 0) is 32.3 Å². The average Bonchev–Trinajstić information content (AvgIpc) is 2.94. The van der Waals surface area contributed by atoms with Crippen LogP contribution in [-0.4, -0.2) is 27.2 Å². The number of terminal acetylenes is 1. The zero-order chi connectivity index (χ0) is 26.3. The van der Waals surface area contributed by atoms with Gasteiger partial charge in [-0.2, -0.15) is 17.6 Å². The van der Waals surface area contributed by atoms with Crippen molar-refractivity contribution in [1.82, 2.24) is 4.57 Å². The molecule has 11 heteroatoms. The van der Waals surface area contributed by atoms with Crippen molar-refractivity contribution in [3.05, 3.63) is 32.1 Å². The molecule has 1 saturated carbocycles. The molecule has 0 amide bonds. The number of carbonyl (C=O) groups excluding carboxylic acids is 1. The molecule has 1 aromatic rings. The van der Waals surface area contributed by atoms with Crippen molar-refractivity contribution in [2.24, 2.45) is 16.7 Å². The summed E-state index contributed by atoms with van der Waals surface area (Å²) in [6, 6.07) is 0. The number of halogens is 4. The minimum atomic E-state index is -4.91. The molecule has 1 aliphatic carbocycles. The second-order valence-electron chi connectivity index (χ2n) is 9.30. The molecule has 0 aliphatic heterocycles. The van der Waals surface area contributed by atoms with Crippen molar-refractivity contribution in [3.8, 4) is 24.2 Å². The molecule has 1 heterocycles. The first-order valence-corrected chi connectivity index (χ1v) is 10.8. The fraction of sp³-hybridized carbons (Fsp3) is 0.522. The lowest BCUT2D eigenvalue weighted by Gasteiger charge is -2.18. The van der Waals surface area contributed by atoms with Crippen LogP contribution in [0.5, 0.6) is 0 Å². The molecule has 0 unspecified atom stereocenters. The highest BCUT2D eigenvalue weighted by molar-refractivity contribution is 7.10. The number of aliphatic carboxylic acids is 1. The molecule has 0 saturated heterocycles. The molecule has 0 spiro atoms. The van der Waals surface area contributed by atoms with Crippen molar-refractivity contribution in [1.29, 1.82) is 0 Å². The number of thiazole rings is 1. The van der Waals surface area contributed by atoms with E-state index in [9.17, 15) is 37.1 Å². The Morgan fingerprint density at radius 3 is 2.35 bits per heavy atom. The summed E-state index contributed by atoms with van der Waals surface area (Å²) in [6.45, 7) is 7.06. The van der Waals surface area contributed by atoms with Crippen LogP contribution in [0.1, 0.15) is 51.6 Å². The minimum Gasteiger partial charge on any atom is -0.481 e. The maximum Gasteiger partial charge on any atom is 0.433 e. The Morgan fingerprint density at radius 1 is 1.29 bits per heavy atom. The summed E-state index contributed by atoms with van der Waals surface area (Å²) >= 11 is 0.245. The van der Waals surface area contributed by atoms with Gasteiger partial charge in [-0.1, -0.05) is 42.9 Å². The van der Waals surface area contributed by atoms with E-state index in [2.05, 4.69) is 11.8 Å². The number of allylic oxidation sites excluding steroid dienone is 1. The molecule has 2 rings (SSSR count). The van der Waals surface area contributed by atoms with Crippen LogP contribution in [0.25, 0.3) is 0 Å². The van der Waals surface area contributed by atoms with Crippen LogP contribution in [0.15, 0.2) is 16.7 Å². The van der Waals surface area contributed by atoms with Gasteiger partial charge in [0.25, 0.3) is 0 Å². The van der Waals surface area contributed by atoms with E-state index in [1.54, 1.807) is 0 Å². The molecular formula is C23H23F4NO5S. The molecule has 0 aromatic carbocycles. The summed E-state index contributed by atoms with van der Waals surface area (Å²) in [7, 11) is 0. The fourth-order valence-electron chi connectivity index (χ4n) is 3.88. The molecule has 1 N–H and O–H groups in total. The standard InChI is InChI=1S/C23H23F4NO5S/c1-7-11-28-16(23(25,26)27)14(34-19(28)32)9-8-10-22(18(30)31)15(21(22,5)6)12-13(24)17(29)33-20(2,3)4/h1,12,15H,10-11H2,2-6H3,(H,30,31)/t15-,22+/m1/s1. The first-order chi connectivity index (χ1) is 15.4. The van der Waals surface area contributed by atoms with Gasteiger partial charge in [0.2, 0.25) is 5.83 Å². The first kappa shape index (κ1) is 27.2. The van der Waals surface area contributed by atoms with E-state index in [0.29, 0.717) is 4.57 Å². The highest BCUT2D eigenvalue weighted by Crippen LogP contribution is 2.71. The fourth-order valence-corrected chi connectivity index (χ4v) is 4.77. The predicted octanol–water partition coefficient (Wildman–Crippen LogP) is 4.23. The van der Waals surface area contributed by atoms with E-state index in [0.717, 1.165) is 6.08 Å². The number of aromatic nitrogens is 1. The number of rotatable bonds is 5. The number of nitrogens with zero attached hydrogens (tertiary/aromatic N) is 1. The maximum absolute atomic E-state index is 14.4. The smallest absolute Gasteiger partial charge is 0.433 e. The van der Waals surface area contributed by atoms with Crippen molar-refractivity contribution in [2.75, 3.05) is 0 Å². The Kier molecular flexibility index (Phi) is 7.16. The Balaban J connectivity index is 2.42. The summed E-state index contributed by atoms with van der Waals surface area (Å²) in [5, 5.41) is 9.86. The topological polar surface area (TPSA) is 85.6 Å². The lowest BCUT2D eigenvalue weighted by molar-refractivity contribution is -0.152. The van der Waals surface area contributed by atoms with Gasteiger partial charge in [0.1, 0.15) is 10.5 Å². The molecular weight excluding hydrogens is 478 g/mol. The predicted molar refractivity (Wildman–Crippen MR) is 116 cm³/mol. The van der Waals surface area contributed by atoms with E-state index >= 15 is 0 Å². The monoisotopic (exact) mass is 501 g/mol. The van der Waals surface area contributed by atoms with Gasteiger partial charge < -0.3 is 9.84 Å². The van der Waals surface area contributed by atoms with E-state index in [-0.39, 0.29) is 11.3 Å². The van der Waals surface area contributed by atoms with Crippen LogP contribution in [-0.2, 0) is 27.0 Å². The van der Waals surface area contributed by atoms with Crippen molar-refractivity contribution < 1.29 is 37.0 Å². The van der Waals surface area contributed by atoms with E-state index in [1.165, 1.54) is 34.6 Å². The number of carboxylic acid groups (broad SMARTS) is 1.